The predicted molar refractivity (Wildman–Crippen MR) is 134 cm³/mol. The Morgan fingerprint density at radius 1 is 1.09 bits per heavy atom. The molecule has 0 saturated carbocycles. The molecule has 1 N–H and O–H groups in total. The lowest BCUT2D eigenvalue weighted by Crippen LogP contribution is -2.35. The van der Waals surface area contributed by atoms with Crippen molar-refractivity contribution in [1.82, 2.24) is 5.32 Å². The number of alkyl carbamates (subject to hydrolysis) is 1. The van der Waals surface area contributed by atoms with Gasteiger partial charge in [-0.15, -0.1) is 0 Å². The van der Waals surface area contributed by atoms with Gasteiger partial charge >= 0.3 is 6.09 Å². The van der Waals surface area contributed by atoms with E-state index in [1.54, 1.807) is 14.2 Å². The van der Waals surface area contributed by atoms with Crippen LogP contribution in [0.25, 0.3) is 6.08 Å². The van der Waals surface area contributed by atoms with Gasteiger partial charge in [0.1, 0.15) is 18.0 Å². The number of hydrogen-bond acceptors (Lipinski definition) is 6. The topological polar surface area (TPSA) is 83.1 Å². The van der Waals surface area contributed by atoms with Gasteiger partial charge in [0.25, 0.3) is 0 Å². The van der Waals surface area contributed by atoms with Crippen molar-refractivity contribution < 1.29 is 28.5 Å². The molecule has 188 valence electrons. The Labute approximate surface area is 207 Å². The molecule has 3 atom stereocenters. The first-order chi connectivity index (χ1) is 16.7. The van der Waals surface area contributed by atoms with Crippen molar-refractivity contribution in [3.05, 3.63) is 65.4 Å². The molecule has 1 aliphatic rings. The van der Waals surface area contributed by atoms with Crippen LogP contribution in [0.2, 0.25) is 0 Å². The second kappa shape index (κ2) is 11.9. The molecule has 3 rings (SSSR count). The molecule has 0 unspecified atom stereocenters. The van der Waals surface area contributed by atoms with Gasteiger partial charge in [-0.2, -0.15) is 0 Å². The van der Waals surface area contributed by atoms with Gasteiger partial charge in [0, 0.05) is 0 Å². The van der Waals surface area contributed by atoms with E-state index in [-0.39, 0.29) is 5.92 Å². The Morgan fingerprint density at radius 2 is 1.80 bits per heavy atom. The van der Waals surface area contributed by atoms with Crippen LogP contribution in [0, 0.1) is 5.92 Å². The Bertz CT molecular complexity index is 1030. The van der Waals surface area contributed by atoms with Crippen LogP contribution in [0.3, 0.4) is 0 Å². The van der Waals surface area contributed by atoms with Gasteiger partial charge in [0.15, 0.2) is 11.5 Å². The van der Waals surface area contributed by atoms with Gasteiger partial charge in [-0.3, -0.25) is 5.32 Å². The normalized spacial score (nSPS) is 20.3. The summed E-state index contributed by atoms with van der Waals surface area (Å²) >= 11 is 0. The lowest BCUT2D eigenvalue weighted by atomic mass is 9.91. The summed E-state index contributed by atoms with van der Waals surface area (Å²) in [4.78, 5) is 24.4. The zero-order valence-electron chi connectivity index (χ0n) is 21.1. The second-order valence-corrected chi connectivity index (χ2v) is 9.59. The summed E-state index contributed by atoms with van der Waals surface area (Å²) in [5.74, 6) is 1.35. The summed E-state index contributed by atoms with van der Waals surface area (Å²) in [5, 5.41) is 2.86. The van der Waals surface area contributed by atoms with E-state index in [0.717, 1.165) is 30.3 Å². The molecule has 35 heavy (non-hydrogen) atoms. The molecule has 0 aliphatic carbocycles. The SMILES string of the molecule is COc1ccc(CC[C@H]2C[C@@H](C(=Cc3ccccc3)NC(=O)OC(C)(C)C)O[C@@H]2C=O)cc1OC. The molecule has 0 spiro atoms. The first-order valence-electron chi connectivity index (χ1n) is 11.8. The van der Waals surface area contributed by atoms with Crippen LogP contribution in [0.5, 0.6) is 11.5 Å². The number of aryl methyl sites for hydroxylation is 1. The third-order valence-electron chi connectivity index (χ3n) is 5.80. The van der Waals surface area contributed by atoms with Gasteiger partial charge in [0.2, 0.25) is 0 Å². The van der Waals surface area contributed by atoms with Crippen molar-refractivity contribution in [3.63, 3.8) is 0 Å². The number of aldehydes is 1. The van der Waals surface area contributed by atoms with Crippen LogP contribution in [0.1, 0.15) is 44.7 Å². The van der Waals surface area contributed by atoms with E-state index in [9.17, 15) is 9.59 Å². The van der Waals surface area contributed by atoms with E-state index in [0.29, 0.717) is 23.6 Å². The molecule has 1 saturated heterocycles. The number of carbonyl (C=O) groups excluding carboxylic acids is 2. The molecule has 2 aromatic carbocycles. The number of ether oxygens (including phenoxy) is 4. The third-order valence-corrected chi connectivity index (χ3v) is 5.80. The zero-order chi connectivity index (χ0) is 25.4. The fraction of sp³-hybridized carbons (Fsp3) is 0.429. The van der Waals surface area contributed by atoms with Crippen LogP contribution in [-0.2, 0) is 20.7 Å². The van der Waals surface area contributed by atoms with Gasteiger partial charge in [0.05, 0.1) is 26.0 Å². The molecule has 2 aromatic rings. The number of carbonyl (C=O) groups is 2. The van der Waals surface area contributed by atoms with Crippen LogP contribution < -0.4 is 14.8 Å². The predicted octanol–water partition coefficient (Wildman–Crippen LogP) is 5.17. The molecule has 7 nitrogen and oxygen atoms in total. The van der Waals surface area contributed by atoms with E-state index < -0.39 is 23.9 Å². The van der Waals surface area contributed by atoms with Gasteiger partial charge in [-0.05, 0) is 75.3 Å². The highest BCUT2D eigenvalue weighted by molar-refractivity contribution is 5.73. The molecule has 1 aliphatic heterocycles. The van der Waals surface area contributed by atoms with Crippen molar-refractivity contribution in [2.75, 3.05) is 14.2 Å². The van der Waals surface area contributed by atoms with Crippen molar-refractivity contribution in [1.29, 1.82) is 0 Å². The van der Waals surface area contributed by atoms with Crippen LogP contribution in [-0.4, -0.2) is 44.4 Å². The highest BCUT2D eigenvalue weighted by Gasteiger charge is 2.37. The first kappa shape index (κ1) is 26.3. The van der Waals surface area contributed by atoms with Gasteiger partial charge in [-0.1, -0.05) is 36.4 Å². The van der Waals surface area contributed by atoms with Crippen molar-refractivity contribution in [2.24, 2.45) is 5.92 Å². The van der Waals surface area contributed by atoms with Gasteiger partial charge < -0.3 is 23.7 Å². The molecule has 0 radical (unpaired) electrons. The van der Waals surface area contributed by atoms with E-state index in [4.69, 9.17) is 18.9 Å². The summed E-state index contributed by atoms with van der Waals surface area (Å²) in [6.45, 7) is 5.43. The minimum Gasteiger partial charge on any atom is -0.493 e. The molecule has 0 bridgehead atoms. The quantitative estimate of drug-likeness (QED) is 0.497. The second-order valence-electron chi connectivity index (χ2n) is 9.59. The lowest BCUT2D eigenvalue weighted by molar-refractivity contribution is -0.118. The number of benzene rings is 2. The molecule has 1 amide bonds. The highest BCUT2D eigenvalue weighted by Crippen LogP contribution is 2.34. The fourth-order valence-corrected chi connectivity index (χ4v) is 4.14. The smallest absolute Gasteiger partial charge is 0.411 e. The van der Waals surface area contributed by atoms with E-state index in [2.05, 4.69) is 5.32 Å². The van der Waals surface area contributed by atoms with E-state index in [1.165, 1.54) is 0 Å². The Hall–Kier alpha value is -3.32. The maximum Gasteiger partial charge on any atom is 0.411 e. The molecule has 1 fully saturated rings. The number of amides is 1. The third kappa shape index (κ3) is 7.59. The molecule has 1 heterocycles. The Morgan fingerprint density at radius 3 is 2.43 bits per heavy atom. The number of rotatable bonds is 9. The largest absolute Gasteiger partial charge is 0.493 e. The standard InChI is InChI=1S/C28H35NO6/c1-28(2,3)35-27(31)29-22(15-19-9-7-6-8-10-19)24-17-21(26(18-30)34-24)13-11-20-12-14-23(32-4)25(16-20)33-5/h6-10,12,14-16,18,21,24,26H,11,13,17H2,1-5H3,(H,29,31)/t21-,24-,26+/m0/s1. The van der Waals surface area contributed by atoms with E-state index >= 15 is 0 Å². The molecular weight excluding hydrogens is 446 g/mol. The number of hydrogen-bond donors (Lipinski definition) is 1. The highest BCUT2D eigenvalue weighted by atomic mass is 16.6. The van der Waals surface area contributed by atoms with Crippen molar-refractivity contribution in [2.45, 2.75) is 57.8 Å². The Kier molecular flexibility index (Phi) is 8.93. The Balaban J connectivity index is 1.75. The maximum absolute atomic E-state index is 12.6. The fourth-order valence-electron chi connectivity index (χ4n) is 4.14. The average Bonchev–Trinajstić information content (AvgIpc) is 3.25. The molecular formula is C28H35NO6. The minimum absolute atomic E-state index is 0.00482. The van der Waals surface area contributed by atoms with Crippen molar-refractivity contribution in [3.8, 4) is 11.5 Å². The van der Waals surface area contributed by atoms with Gasteiger partial charge in [-0.25, -0.2) is 4.79 Å². The molecule has 7 heteroatoms. The molecule has 0 aromatic heterocycles. The first-order valence-corrected chi connectivity index (χ1v) is 11.8. The summed E-state index contributed by atoms with van der Waals surface area (Å²) in [7, 11) is 3.21. The van der Waals surface area contributed by atoms with Crippen LogP contribution in [0.15, 0.2) is 54.2 Å². The minimum atomic E-state index is -0.633. The van der Waals surface area contributed by atoms with Crippen LogP contribution in [0.4, 0.5) is 4.79 Å². The summed E-state index contributed by atoms with van der Waals surface area (Å²) in [5.41, 5.74) is 1.94. The number of nitrogens with one attached hydrogen (secondary N) is 1. The monoisotopic (exact) mass is 481 g/mol. The summed E-state index contributed by atoms with van der Waals surface area (Å²) in [6.07, 6.45) is 3.28. The zero-order valence-corrected chi connectivity index (χ0v) is 21.1. The summed E-state index contributed by atoms with van der Waals surface area (Å²) < 4.78 is 22.3. The summed E-state index contributed by atoms with van der Waals surface area (Å²) in [6, 6.07) is 15.5. The van der Waals surface area contributed by atoms with Crippen molar-refractivity contribution >= 4 is 18.5 Å². The maximum atomic E-state index is 12.6. The lowest BCUT2D eigenvalue weighted by Gasteiger charge is -2.22. The average molecular weight is 482 g/mol. The van der Waals surface area contributed by atoms with E-state index in [1.807, 2.05) is 75.4 Å². The van der Waals surface area contributed by atoms with Crippen LogP contribution >= 0.6 is 0 Å². The number of methoxy groups -OCH3 is 2.